The number of ether oxygens (including phenoxy) is 2. The van der Waals surface area contributed by atoms with Gasteiger partial charge in [-0.25, -0.2) is 0 Å². The fourth-order valence-corrected chi connectivity index (χ4v) is 1.55. The fraction of sp³-hybridized carbons (Fsp3) is 0.364. The van der Waals surface area contributed by atoms with Gasteiger partial charge in [0.1, 0.15) is 17.7 Å². The van der Waals surface area contributed by atoms with Crippen molar-refractivity contribution in [2.45, 2.75) is 6.92 Å². The maximum atomic E-state index is 5.40. The number of methoxy groups -OCH3 is 1. The first kappa shape index (κ1) is 10.8. The maximum Gasteiger partial charge on any atom is 0.265 e. The normalized spacial score (nSPS) is 10.7. The van der Waals surface area contributed by atoms with E-state index < -0.39 is 0 Å². The Morgan fingerprint density at radius 1 is 1.44 bits per heavy atom. The molecule has 1 aromatic carbocycles. The molecule has 86 valence electrons. The van der Waals surface area contributed by atoms with E-state index in [-0.39, 0.29) is 0 Å². The average molecular weight is 222 g/mol. The number of aryl methyl sites for hydroxylation is 1. The first-order chi connectivity index (χ1) is 7.77. The SMILES string of the molecule is COc1ccc(C)c2onc(OCCN)c12. The second kappa shape index (κ2) is 4.40. The zero-order valence-electron chi connectivity index (χ0n) is 9.32. The van der Waals surface area contributed by atoms with Crippen LogP contribution in [0.15, 0.2) is 16.7 Å². The molecule has 0 aliphatic carbocycles. The van der Waals surface area contributed by atoms with E-state index >= 15 is 0 Å². The molecule has 1 aromatic heterocycles. The molecule has 0 unspecified atom stereocenters. The second-order valence-electron chi connectivity index (χ2n) is 3.41. The Balaban J connectivity index is 2.54. The van der Waals surface area contributed by atoms with E-state index in [0.29, 0.717) is 30.4 Å². The molecule has 5 heteroatoms. The lowest BCUT2D eigenvalue weighted by Crippen LogP contribution is -2.10. The van der Waals surface area contributed by atoms with Crippen LogP contribution in [-0.2, 0) is 0 Å². The van der Waals surface area contributed by atoms with Crippen LogP contribution in [0.3, 0.4) is 0 Å². The number of hydrogen-bond donors (Lipinski definition) is 1. The number of nitrogens with two attached hydrogens (primary N) is 1. The van der Waals surface area contributed by atoms with Crippen LogP contribution in [0, 0.1) is 6.92 Å². The molecule has 2 N–H and O–H groups in total. The average Bonchev–Trinajstić information content (AvgIpc) is 2.72. The number of fused-ring (bicyclic) bond motifs is 1. The lowest BCUT2D eigenvalue weighted by atomic mass is 10.1. The van der Waals surface area contributed by atoms with Gasteiger partial charge < -0.3 is 19.7 Å². The summed E-state index contributed by atoms with van der Waals surface area (Å²) in [5.41, 5.74) is 7.05. The Labute approximate surface area is 93.1 Å². The van der Waals surface area contributed by atoms with Gasteiger partial charge in [-0.2, -0.15) is 0 Å². The molecule has 0 amide bonds. The summed E-state index contributed by atoms with van der Waals surface area (Å²) in [7, 11) is 1.60. The van der Waals surface area contributed by atoms with Crippen molar-refractivity contribution in [3.63, 3.8) is 0 Å². The standard InChI is InChI=1S/C11H14N2O3/c1-7-3-4-8(14-2)9-10(7)16-13-11(9)15-6-5-12/h3-4H,5-6,12H2,1-2H3. The summed E-state index contributed by atoms with van der Waals surface area (Å²) in [6.07, 6.45) is 0. The molecular formula is C11H14N2O3. The maximum absolute atomic E-state index is 5.40. The van der Waals surface area contributed by atoms with Crippen LogP contribution in [0.5, 0.6) is 11.6 Å². The highest BCUT2D eigenvalue weighted by Crippen LogP contribution is 2.35. The highest BCUT2D eigenvalue weighted by atomic mass is 16.5. The molecule has 0 aliphatic heterocycles. The van der Waals surface area contributed by atoms with Crippen LogP contribution in [0.1, 0.15) is 5.56 Å². The van der Waals surface area contributed by atoms with Gasteiger partial charge >= 0.3 is 0 Å². The van der Waals surface area contributed by atoms with Crippen LogP contribution >= 0.6 is 0 Å². The molecule has 0 atom stereocenters. The van der Waals surface area contributed by atoms with Crippen molar-refractivity contribution in [3.8, 4) is 11.6 Å². The largest absolute Gasteiger partial charge is 0.496 e. The Hall–Kier alpha value is -1.75. The van der Waals surface area contributed by atoms with E-state index in [1.807, 2.05) is 19.1 Å². The van der Waals surface area contributed by atoms with Gasteiger partial charge in [0.15, 0.2) is 5.58 Å². The Kier molecular flexibility index (Phi) is 2.96. The van der Waals surface area contributed by atoms with Crippen molar-refractivity contribution in [3.05, 3.63) is 17.7 Å². The van der Waals surface area contributed by atoms with Crippen molar-refractivity contribution in [1.29, 1.82) is 0 Å². The highest BCUT2D eigenvalue weighted by molar-refractivity contribution is 5.90. The summed E-state index contributed by atoms with van der Waals surface area (Å²) in [5.74, 6) is 1.12. The predicted molar refractivity (Wildman–Crippen MR) is 59.8 cm³/mol. The summed E-state index contributed by atoms with van der Waals surface area (Å²) in [4.78, 5) is 0. The van der Waals surface area contributed by atoms with Crippen LogP contribution < -0.4 is 15.2 Å². The molecule has 0 saturated carbocycles. The van der Waals surface area contributed by atoms with Crippen molar-refractivity contribution in [1.82, 2.24) is 5.16 Å². The lowest BCUT2D eigenvalue weighted by molar-refractivity contribution is 0.292. The quantitative estimate of drug-likeness (QED) is 0.848. The van der Waals surface area contributed by atoms with Gasteiger partial charge in [-0.05, 0) is 23.7 Å². The second-order valence-corrected chi connectivity index (χ2v) is 3.41. The molecule has 5 nitrogen and oxygen atoms in total. The number of benzene rings is 1. The van der Waals surface area contributed by atoms with Gasteiger partial charge in [0.2, 0.25) is 0 Å². The lowest BCUT2D eigenvalue weighted by Gasteiger charge is -2.04. The summed E-state index contributed by atoms with van der Waals surface area (Å²) in [6.45, 7) is 2.78. The number of rotatable bonds is 4. The van der Waals surface area contributed by atoms with Gasteiger partial charge in [0.25, 0.3) is 5.88 Å². The third-order valence-corrected chi connectivity index (χ3v) is 2.33. The number of aromatic nitrogens is 1. The molecule has 0 bridgehead atoms. The van der Waals surface area contributed by atoms with E-state index in [1.54, 1.807) is 7.11 Å². The molecule has 2 rings (SSSR count). The fourth-order valence-electron chi connectivity index (χ4n) is 1.55. The van der Waals surface area contributed by atoms with Crippen molar-refractivity contribution in [2.75, 3.05) is 20.3 Å². The Bertz CT molecular complexity index is 493. The van der Waals surface area contributed by atoms with E-state index in [4.69, 9.17) is 19.7 Å². The summed E-state index contributed by atoms with van der Waals surface area (Å²) in [5, 5.41) is 4.63. The molecular weight excluding hydrogens is 208 g/mol. The van der Waals surface area contributed by atoms with Crippen molar-refractivity contribution in [2.24, 2.45) is 5.73 Å². The van der Waals surface area contributed by atoms with Crippen molar-refractivity contribution >= 4 is 11.0 Å². The predicted octanol–water partition coefficient (Wildman–Crippen LogP) is 1.48. The third-order valence-electron chi connectivity index (χ3n) is 2.33. The van der Waals surface area contributed by atoms with E-state index in [1.165, 1.54) is 0 Å². The van der Waals surface area contributed by atoms with E-state index in [0.717, 1.165) is 10.9 Å². The van der Waals surface area contributed by atoms with Gasteiger partial charge in [-0.1, -0.05) is 6.07 Å². The monoisotopic (exact) mass is 222 g/mol. The molecule has 1 heterocycles. The number of hydrogen-bond acceptors (Lipinski definition) is 5. The van der Waals surface area contributed by atoms with Crippen LogP contribution in [0.25, 0.3) is 11.0 Å². The van der Waals surface area contributed by atoms with E-state index in [9.17, 15) is 0 Å². The first-order valence-electron chi connectivity index (χ1n) is 5.03. The molecule has 2 aromatic rings. The minimum atomic E-state index is 0.402. The Morgan fingerprint density at radius 3 is 2.94 bits per heavy atom. The molecule has 0 spiro atoms. The number of nitrogens with zero attached hydrogens (tertiary/aromatic N) is 1. The molecule has 16 heavy (non-hydrogen) atoms. The summed E-state index contributed by atoms with van der Waals surface area (Å²) >= 11 is 0. The zero-order chi connectivity index (χ0) is 11.5. The summed E-state index contributed by atoms with van der Waals surface area (Å²) < 4.78 is 15.9. The van der Waals surface area contributed by atoms with E-state index in [2.05, 4.69) is 5.16 Å². The van der Waals surface area contributed by atoms with Gasteiger partial charge in [0.05, 0.1) is 7.11 Å². The topological polar surface area (TPSA) is 70.5 Å². The first-order valence-corrected chi connectivity index (χ1v) is 5.03. The molecule has 0 fully saturated rings. The zero-order valence-corrected chi connectivity index (χ0v) is 9.32. The molecule has 0 saturated heterocycles. The minimum absolute atomic E-state index is 0.402. The highest BCUT2D eigenvalue weighted by Gasteiger charge is 2.16. The van der Waals surface area contributed by atoms with Gasteiger partial charge in [-0.15, -0.1) is 0 Å². The minimum Gasteiger partial charge on any atom is -0.496 e. The van der Waals surface area contributed by atoms with Crippen LogP contribution in [0.4, 0.5) is 0 Å². The van der Waals surface area contributed by atoms with Crippen LogP contribution in [0.2, 0.25) is 0 Å². The third kappa shape index (κ3) is 1.69. The molecule has 0 radical (unpaired) electrons. The molecule has 0 aliphatic rings. The van der Waals surface area contributed by atoms with Gasteiger partial charge in [-0.3, -0.25) is 0 Å². The van der Waals surface area contributed by atoms with Crippen LogP contribution in [-0.4, -0.2) is 25.4 Å². The Morgan fingerprint density at radius 2 is 2.25 bits per heavy atom. The van der Waals surface area contributed by atoms with Gasteiger partial charge in [0, 0.05) is 6.54 Å². The smallest absolute Gasteiger partial charge is 0.265 e. The summed E-state index contributed by atoms with van der Waals surface area (Å²) in [6, 6.07) is 3.78. The van der Waals surface area contributed by atoms with Crippen molar-refractivity contribution < 1.29 is 14.0 Å².